The molecule has 0 aliphatic carbocycles. The molecule has 1 N–H and O–H groups in total. The maximum atomic E-state index is 12.8. The van der Waals surface area contributed by atoms with Crippen molar-refractivity contribution in [3.8, 4) is 0 Å². The van der Waals surface area contributed by atoms with Crippen LogP contribution in [-0.2, 0) is 10.0 Å². The molecule has 2 rings (SSSR count). The number of nitrogens with zero attached hydrogens (tertiary/aromatic N) is 1. The van der Waals surface area contributed by atoms with Crippen molar-refractivity contribution in [2.45, 2.75) is 4.90 Å². The second-order valence-electron chi connectivity index (χ2n) is 3.95. The molecule has 1 aromatic rings. The van der Waals surface area contributed by atoms with Gasteiger partial charge in [-0.05, 0) is 18.2 Å². The fourth-order valence-electron chi connectivity index (χ4n) is 1.66. The van der Waals surface area contributed by atoms with Crippen LogP contribution >= 0.6 is 11.6 Å². The van der Waals surface area contributed by atoms with Gasteiger partial charge in [-0.25, -0.2) is 12.8 Å². The number of sulfonamides is 1. The maximum Gasteiger partial charge on any atom is 0.244 e. The van der Waals surface area contributed by atoms with Crippen molar-refractivity contribution in [3.63, 3.8) is 0 Å². The zero-order valence-electron chi connectivity index (χ0n) is 8.81. The van der Waals surface area contributed by atoms with E-state index < -0.39 is 15.8 Å². The summed E-state index contributed by atoms with van der Waals surface area (Å²) in [6.45, 7) is 0.502. The van der Waals surface area contributed by atoms with Crippen LogP contribution in [-0.4, -0.2) is 37.5 Å². The molecule has 0 aromatic heterocycles. The van der Waals surface area contributed by atoms with Crippen molar-refractivity contribution in [3.05, 3.63) is 29.0 Å². The first-order valence-corrected chi connectivity index (χ1v) is 6.83. The van der Waals surface area contributed by atoms with E-state index in [2.05, 4.69) is 0 Å². The van der Waals surface area contributed by atoms with Gasteiger partial charge < -0.3 is 5.11 Å². The number of aliphatic hydroxyl groups is 1. The molecule has 17 heavy (non-hydrogen) atoms. The van der Waals surface area contributed by atoms with Gasteiger partial charge in [-0.2, -0.15) is 4.31 Å². The van der Waals surface area contributed by atoms with Gasteiger partial charge in [0.1, 0.15) is 10.7 Å². The predicted octanol–water partition coefficient (Wildman–Crippen LogP) is 1.09. The minimum Gasteiger partial charge on any atom is -0.396 e. The predicted molar refractivity (Wildman–Crippen MR) is 60.7 cm³/mol. The fraction of sp³-hybridized carbons (Fsp3) is 0.400. The van der Waals surface area contributed by atoms with Crippen molar-refractivity contribution in [1.29, 1.82) is 0 Å². The largest absolute Gasteiger partial charge is 0.396 e. The van der Waals surface area contributed by atoms with Crippen molar-refractivity contribution in [2.75, 3.05) is 19.7 Å². The Morgan fingerprint density at radius 2 is 2.12 bits per heavy atom. The molecule has 94 valence electrons. The van der Waals surface area contributed by atoms with Crippen LogP contribution in [0.25, 0.3) is 0 Å². The SMILES string of the molecule is O=S(=O)(c1ccc(F)cc1Cl)N1CC(CO)C1. The Kier molecular flexibility index (Phi) is 3.40. The van der Waals surface area contributed by atoms with Crippen LogP contribution in [0.5, 0.6) is 0 Å². The van der Waals surface area contributed by atoms with Gasteiger partial charge >= 0.3 is 0 Å². The normalized spacial score (nSPS) is 18.1. The number of rotatable bonds is 3. The Morgan fingerprint density at radius 3 is 2.65 bits per heavy atom. The monoisotopic (exact) mass is 279 g/mol. The minimum absolute atomic E-state index is 0.0241. The van der Waals surface area contributed by atoms with Crippen LogP contribution in [0.15, 0.2) is 23.1 Å². The van der Waals surface area contributed by atoms with Gasteiger partial charge in [-0.15, -0.1) is 0 Å². The topological polar surface area (TPSA) is 57.6 Å². The quantitative estimate of drug-likeness (QED) is 0.901. The fourth-order valence-corrected chi connectivity index (χ4v) is 3.76. The summed E-state index contributed by atoms with van der Waals surface area (Å²) in [6, 6.07) is 3.18. The molecule has 0 amide bonds. The van der Waals surface area contributed by atoms with E-state index >= 15 is 0 Å². The average Bonchev–Trinajstić information content (AvgIpc) is 2.14. The Morgan fingerprint density at radius 1 is 1.47 bits per heavy atom. The first-order chi connectivity index (χ1) is 7.95. The molecular weight excluding hydrogens is 269 g/mol. The highest BCUT2D eigenvalue weighted by atomic mass is 35.5. The van der Waals surface area contributed by atoms with Gasteiger partial charge in [-0.3, -0.25) is 0 Å². The summed E-state index contributed by atoms with van der Waals surface area (Å²) in [4.78, 5) is -0.100. The summed E-state index contributed by atoms with van der Waals surface area (Å²) in [7, 11) is -3.67. The van der Waals surface area contributed by atoms with Gasteiger partial charge in [0.15, 0.2) is 0 Å². The van der Waals surface area contributed by atoms with Crippen LogP contribution < -0.4 is 0 Å². The number of hydrogen-bond acceptors (Lipinski definition) is 3. The lowest BCUT2D eigenvalue weighted by atomic mass is 10.1. The highest BCUT2D eigenvalue weighted by Crippen LogP contribution is 2.29. The van der Waals surface area contributed by atoms with Crippen molar-refractivity contribution < 1.29 is 17.9 Å². The molecule has 0 bridgehead atoms. The number of hydrogen-bond donors (Lipinski definition) is 1. The van der Waals surface area contributed by atoms with E-state index in [9.17, 15) is 12.8 Å². The van der Waals surface area contributed by atoms with Gasteiger partial charge in [0, 0.05) is 25.6 Å². The molecule has 1 aliphatic heterocycles. The Hall–Kier alpha value is -0.690. The molecule has 0 spiro atoms. The second-order valence-corrected chi connectivity index (χ2v) is 6.26. The smallest absolute Gasteiger partial charge is 0.244 e. The summed E-state index contributed by atoms with van der Waals surface area (Å²) >= 11 is 5.71. The van der Waals surface area contributed by atoms with Crippen molar-refractivity contribution in [2.24, 2.45) is 5.92 Å². The maximum absolute atomic E-state index is 12.8. The van der Waals surface area contributed by atoms with Crippen LogP contribution in [0.4, 0.5) is 4.39 Å². The molecule has 1 fully saturated rings. The molecule has 0 saturated carbocycles. The first-order valence-electron chi connectivity index (χ1n) is 5.01. The molecule has 1 heterocycles. The highest BCUT2D eigenvalue weighted by Gasteiger charge is 2.37. The molecule has 7 heteroatoms. The van der Waals surface area contributed by atoms with E-state index in [0.717, 1.165) is 18.2 Å². The van der Waals surface area contributed by atoms with E-state index in [0.29, 0.717) is 0 Å². The van der Waals surface area contributed by atoms with Gasteiger partial charge in [0.05, 0.1) is 5.02 Å². The minimum atomic E-state index is -3.67. The Labute approximate surface area is 104 Å². The molecule has 0 unspecified atom stereocenters. The number of benzene rings is 1. The van der Waals surface area contributed by atoms with Crippen molar-refractivity contribution >= 4 is 21.6 Å². The molecule has 1 aliphatic rings. The van der Waals surface area contributed by atoms with E-state index in [4.69, 9.17) is 16.7 Å². The van der Waals surface area contributed by atoms with Crippen LogP contribution in [0.3, 0.4) is 0 Å². The van der Waals surface area contributed by atoms with Gasteiger partial charge in [-0.1, -0.05) is 11.6 Å². The molecule has 4 nitrogen and oxygen atoms in total. The average molecular weight is 280 g/mol. The van der Waals surface area contributed by atoms with Gasteiger partial charge in [0.2, 0.25) is 10.0 Å². The Bertz CT molecular complexity index is 528. The van der Waals surface area contributed by atoms with Crippen LogP contribution in [0.1, 0.15) is 0 Å². The lowest BCUT2D eigenvalue weighted by Gasteiger charge is -2.37. The summed E-state index contributed by atoms with van der Waals surface area (Å²) < 4.78 is 38.1. The molecule has 0 atom stereocenters. The summed E-state index contributed by atoms with van der Waals surface area (Å²) in [6.07, 6.45) is 0. The van der Waals surface area contributed by atoms with E-state index in [-0.39, 0.29) is 35.5 Å². The van der Waals surface area contributed by atoms with E-state index in [1.807, 2.05) is 0 Å². The summed E-state index contributed by atoms with van der Waals surface area (Å²) in [5, 5.41) is 8.71. The van der Waals surface area contributed by atoms with Crippen LogP contribution in [0, 0.1) is 11.7 Å². The zero-order valence-corrected chi connectivity index (χ0v) is 10.4. The lowest BCUT2D eigenvalue weighted by Crippen LogP contribution is -2.51. The third kappa shape index (κ3) is 2.30. The third-order valence-electron chi connectivity index (χ3n) is 2.69. The number of halogens is 2. The lowest BCUT2D eigenvalue weighted by molar-refractivity contribution is 0.117. The zero-order chi connectivity index (χ0) is 12.6. The van der Waals surface area contributed by atoms with E-state index in [1.165, 1.54) is 4.31 Å². The molecule has 0 radical (unpaired) electrons. The standard InChI is InChI=1S/C10H11ClFNO3S/c11-9-3-8(12)1-2-10(9)17(15,16)13-4-7(5-13)6-14/h1-3,7,14H,4-6H2. The van der Waals surface area contributed by atoms with E-state index in [1.54, 1.807) is 0 Å². The summed E-state index contributed by atoms with van der Waals surface area (Å²) in [5.41, 5.74) is 0. The molecule has 1 saturated heterocycles. The summed E-state index contributed by atoms with van der Waals surface area (Å²) in [5.74, 6) is -0.602. The van der Waals surface area contributed by atoms with Gasteiger partial charge in [0.25, 0.3) is 0 Å². The number of aliphatic hydroxyl groups excluding tert-OH is 1. The third-order valence-corrected chi connectivity index (χ3v) is 5.01. The first kappa shape index (κ1) is 12.8. The molecular formula is C10H11ClFNO3S. The Balaban J connectivity index is 2.27. The second kappa shape index (κ2) is 4.53. The van der Waals surface area contributed by atoms with Crippen LogP contribution in [0.2, 0.25) is 5.02 Å². The van der Waals surface area contributed by atoms with Crippen molar-refractivity contribution in [1.82, 2.24) is 4.31 Å². The highest BCUT2D eigenvalue weighted by molar-refractivity contribution is 7.89. The molecule has 1 aromatic carbocycles.